The zero-order chi connectivity index (χ0) is 13.4. The van der Waals surface area contributed by atoms with Gasteiger partial charge in [-0.1, -0.05) is 23.7 Å². The van der Waals surface area contributed by atoms with Crippen molar-refractivity contribution in [2.24, 2.45) is 17.8 Å². The van der Waals surface area contributed by atoms with Crippen molar-refractivity contribution >= 4 is 11.6 Å². The summed E-state index contributed by atoms with van der Waals surface area (Å²) < 4.78 is 0. The molecule has 2 bridgehead atoms. The quantitative estimate of drug-likeness (QED) is 0.790. The Morgan fingerprint density at radius 1 is 1.11 bits per heavy atom. The molecule has 0 aliphatic heterocycles. The van der Waals surface area contributed by atoms with Crippen LogP contribution in [-0.4, -0.2) is 25.5 Å². The Morgan fingerprint density at radius 3 is 2.42 bits per heavy atom. The Labute approximate surface area is 121 Å². The molecule has 1 aromatic carbocycles. The van der Waals surface area contributed by atoms with Crippen molar-refractivity contribution in [2.45, 2.75) is 31.6 Å². The van der Waals surface area contributed by atoms with Gasteiger partial charge in [0.2, 0.25) is 0 Å². The van der Waals surface area contributed by atoms with Gasteiger partial charge in [-0.15, -0.1) is 0 Å². The summed E-state index contributed by atoms with van der Waals surface area (Å²) >= 11 is 6.21. The maximum absolute atomic E-state index is 6.21. The van der Waals surface area contributed by atoms with Crippen molar-refractivity contribution in [2.75, 3.05) is 20.6 Å². The van der Waals surface area contributed by atoms with E-state index >= 15 is 0 Å². The molecule has 0 heterocycles. The standard InChI is InChI=1S/C17H24ClN/c1-19(2)11-16-12-6-8-13(9-7-12)17(16)14-4-3-5-15(18)10-14/h3-5,10,12-13,16-17H,6-9,11H2,1-2H3/t12?,13?,16?,17-/m1/s1. The molecule has 3 fully saturated rings. The van der Waals surface area contributed by atoms with E-state index in [0.29, 0.717) is 0 Å². The SMILES string of the molecule is CN(C)CC1C2CCC(CC2)[C@@H]1c1cccc(Cl)c1. The topological polar surface area (TPSA) is 3.24 Å². The normalized spacial score (nSPS) is 33.9. The molecule has 0 amide bonds. The Morgan fingerprint density at radius 2 is 1.79 bits per heavy atom. The molecule has 3 saturated carbocycles. The Balaban J connectivity index is 1.91. The first-order valence-electron chi connectivity index (χ1n) is 7.55. The van der Waals surface area contributed by atoms with Gasteiger partial charge in [-0.2, -0.15) is 0 Å². The highest BCUT2D eigenvalue weighted by atomic mass is 35.5. The first-order chi connectivity index (χ1) is 9.15. The van der Waals surface area contributed by atoms with E-state index in [1.54, 1.807) is 0 Å². The Hall–Kier alpha value is -0.530. The lowest BCUT2D eigenvalue weighted by atomic mass is 9.57. The monoisotopic (exact) mass is 277 g/mol. The fourth-order valence-electron chi connectivity index (χ4n) is 4.49. The second kappa shape index (κ2) is 5.46. The lowest BCUT2D eigenvalue weighted by molar-refractivity contribution is 0.0507. The van der Waals surface area contributed by atoms with Gasteiger partial charge in [0.1, 0.15) is 0 Å². The molecule has 1 aromatic rings. The number of hydrogen-bond donors (Lipinski definition) is 0. The summed E-state index contributed by atoms with van der Waals surface area (Å²) in [5.74, 6) is 3.36. The third-order valence-electron chi connectivity index (χ3n) is 5.20. The molecule has 2 atom stereocenters. The number of fused-ring (bicyclic) bond motifs is 3. The van der Waals surface area contributed by atoms with Crippen LogP contribution in [-0.2, 0) is 0 Å². The van der Waals surface area contributed by atoms with E-state index in [1.807, 2.05) is 6.07 Å². The van der Waals surface area contributed by atoms with Crippen molar-refractivity contribution in [3.63, 3.8) is 0 Å². The van der Waals surface area contributed by atoms with Gasteiger partial charge in [0, 0.05) is 11.6 Å². The summed E-state index contributed by atoms with van der Waals surface area (Å²) in [4.78, 5) is 2.36. The first-order valence-corrected chi connectivity index (χ1v) is 7.93. The van der Waals surface area contributed by atoms with Gasteiger partial charge in [-0.05, 0) is 81.1 Å². The van der Waals surface area contributed by atoms with Crippen molar-refractivity contribution in [1.82, 2.24) is 4.90 Å². The summed E-state index contributed by atoms with van der Waals surface area (Å²) in [6, 6.07) is 8.61. The summed E-state index contributed by atoms with van der Waals surface area (Å²) in [5, 5.41) is 0.891. The van der Waals surface area contributed by atoms with E-state index in [0.717, 1.165) is 28.7 Å². The van der Waals surface area contributed by atoms with Gasteiger partial charge in [-0.25, -0.2) is 0 Å². The molecule has 2 heteroatoms. The van der Waals surface area contributed by atoms with E-state index in [4.69, 9.17) is 11.6 Å². The Kier molecular flexibility index (Phi) is 3.86. The minimum absolute atomic E-state index is 0.730. The molecular formula is C17H24ClN. The van der Waals surface area contributed by atoms with Gasteiger partial charge >= 0.3 is 0 Å². The van der Waals surface area contributed by atoms with E-state index < -0.39 is 0 Å². The number of rotatable bonds is 3. The van der Waals surface area contributed by atoms with Crippen LogP contribution in [0.5, 0.6) is 0 Å². The van der Waals surface area contributed by atoms with Crippen LogP contribution in [0.2, 0.25) is 5.02 Å². The Bertz CT molecular complexity index is 435. The third kappa shape index (κ3) is 2.68. The molecule has 0 N–H and O–H groups in total. The molecule has 19 heavy (non-hydrogen) atoms. The molecule has 0 spiro atoms. The molecular weight excluding hydrogens is 254 g/mol. The van der Waals surface area contributed by atoms with Gasteiger partial charge in [0.25, 0.3) is 0 Å². The van der Waals surface area contributed by atoms with Crippen LogP contribution in [0.3, 0.4) is 0 Å². The predicted octanol–water partition coefficient (Wildman–Crippen LogP) is 4.42. The molecule has 4 rings (SSSR count). The van der Waals surface area contributed by atoms with E-state index in [-0.39, 0.29) is 0 Å². The smallest absolute Gasteiger partial charge is 0.0408 e. The minimum atomic E-state index is 0.730. The highest BCUT2D eigenvalue weighted by molar-refractivity contribution is 6.30. The van der Waals surface area contributed by atoms with Crippen LogP contribution in [0.25, 0.3) is 0 Å². The number of benzene rings is 1. The van der Waals surface area contributed by atoms with Crippen molar-refractivity contribution < 1.29 is 0 Å². The lowest BCUT2D eigenvalue weighted by Crippen LogP contribution is -2.43. The van der Waals surface area contributed by atoms with Crippen LogP contribution >= 0.6 is 11.6 Å². The van der Waals surface area contributed by atoms with Crippen molar-refractivity contribution in [3.8, 4) is 0 Å². The molecule has 0 aromatic heterocycles. The second-order valence-corrected chi connectivity index (χ2v) is 7.12. The average Bonchev–Trinajstić information content (AvgIpc) is 2.39. The molecule has 104 valence electrons. The van der Waals surface area contributed by atoms with Gasteiger partial charge < -0.3 is 4.90 Å². The van der Waals surface area contributed by atoms with Crippen LogP contribution in [0.15, 0.2) is 24.3 Å². The summed E-state index contributed by atoms with van der Waals surface area (Å²) in [7, 11) is 4.41. The highest BCUT2D eigenvalue weighted by Crippen LogP contribution is 2.53. The number of nitrogens with zero attached hydrogens (tertiary/aromatic N) is 1. The van der Waals surface area contributed by atoms with Gasteiger partial charge in [0.05, 0.1) is 0 Å². The van der Waals surface area contributed by atoms with Crippen molar-refractivity contribution in [1.29, 1.82) is 0 Å². The third-order valence-corrected chi connectivity index (χ3v) is 5.44. The maximum Gasteiger partial charge on any atom is 0.0408 e. The van der Waals surface area contributed by atoms with E-state index in [2.05, 4.69) is 37.2 Å². The van der Waals surface area contributed by atoms with Crippen LogP contribution in [0, 0.1) is 17.8 Å². The largest absolute Gasteiger partial charge is 0.309 e. The van der Waals surface area contributed by atoms with E-state index in [9.17, 15) is 0 Å². The van der Waals surface area contributed by atoms with Gasteiger partial charge in [0.15, 0.2) is 0 Å². The van der Waals surface area contributed by atoms with Crippen molar-refractivity contribution in [3.05, 3.63) is 34.9 Å². The molecule has 3 aliphatic carbocycles. The fraction of sp³-hybridized carbons (Fsp3) is 0.647. The summed E-state index contributed by atoms with van der Waals surface area (Å²) in [5.41, 5.74) is 1.48. The van der Waals surface area contributed by atoms with Crippen LogP contribution in [0.1, 0.15) is 37.2 Å². The van der Waals surface area contributed by atoms with E-state index in [1.165, 1.54) is 37.8 Å². The fourth-order valence-corrected chi connectivity index (χ4v) is 4.69. The maximum atomic E-state index is 6.21. The summed E-state index contributed by atoms with van der Waals surface area (Å²) in [6.45, 7) is 1.22. The first kappa shape index (κ1) is 13.5. The average molecular weight is 278 g/mol. The number of hydrogen-bond acceptors (Lipinski definition) is 1. The molecule has 1 nitrogen and oxygen atoms in total. The molecule has 0 radical (unpaired) electrons. The molecule has 1 unspecified atom stereocenters. The lowest BCUT2D eigenvalue weighted by Gasteiger charge is -2.50. The summed E-state index contributed by atoms with van der Waals surface area (Å²) in [6.07, 6.45) is 5.73. The number of halogens is 1. The van der Waals surface area contributed by atoms with Crippen LogP contribution in [0.4, 0.5) is 0 Å². The zero-order valence-electron chi connectivity index (χ0n) is 12.0. The zero-order valence-corrected chi connectivity index (χ0v) is 12.7. The van der Waals surface area contributed by atoms with Crippen LogP contribution < -0.4 is 0 Å². The highest BCUT2D eigenvalue weighted by Gasteiger charge is 2.44. The molecule has 3 aliphatic rings. The van der Waals surface area contributed by atoms with Gasteiger partial charge in [-0.3, -0.25) is 0 Å². The predicted molar refractivity (Wildman–Crippen MR) is 81.7 cm³/mol. The molecule has 0 saturated heterocycles. The minimum Gasteiger partial charge on any atom is -0.309 e. The second-order valence-electron chi connectivity index (χ2n) is 6.68.